The fraction of sp³-hybridized carbons (Fsp3) is 0.571. The second-order valence-electron chi connectivity index (χ2n) is 5.16. The summed E-state index contributed by atoms with van der Waals surface area (Å²) < 4.78 is 0. The monoisotopic (exact) mass is 205 g/mol. The van der Waals surface area contributed by atoms with Crippen molar-refractivity contribution in [3.63, 3.8) is 0 Å². The Bertz CT molecular complexity index is 313. The minimum absolute atomic E-state index is 0.204. The zero-order valence-electron chi connectivity index (χ0n) is 10.6. The van der Waals surface area contributed by atoms with Gasteiger partial charge in [-0.25, -0.2) is 0 Å². The molecular formula is C14H23N. The summed E-state index contributed by atoms with van der Waals surface area (Å²) >= 11 is 0. The molecule has 0 amide bonds. The van der Waals surface area contributed by atoms with E-state index in [9.17, 15) is 0 Å². The molecule has 0 unspecified atom stereocenters. The maximum Gasteiger partial charge on any atom is 0.00402 e. The van der Waals surface area contributed by atoms with Crippen LogP contribution in [-0.2, 0) is 5.41 Å². The van der Waals surface area contributed by atoms with E-state index in [4.69, 9.17) is 0 Å². The van der Waals surface area contributed by atoms with Crippen molar-refractivity contribution in [2.45, 2.75) is 39.0 Å². The fourth-order valence-corrected chi connectivity index (χ4v) is 2.15. The average molecular weight is 205 g/mol. The summed E-state index contributed by atoms with van der Waals surface area (Å²) in [5, 5.41) is 3.27. The van der Waals surface area contributed by atoms with Crippen molar-refractivity contribution < 1.29 is 0 Å². The lowest BCUT2D eigenvalue weighted by Crippen LogP contribution is -2.31. The van der Waals surface area contributed by atoms with E-state index in [-0.39, 0.29) is 5.41 Å². The van der Waals surface area contributed by atoms with Crippen LogP contribution in [0.5, 0.6) is 0 Å². The molecule has 1 heteroatoms. The predicted molar refractivity (Wildman–Crippen MR) is 67.5 cm³/mol. The molecule has 0 radical (unpaired) electrons. The summed E-state index contributed by atoms with van der Waals surface area (Å²) in [6.45, 7) is 10.1. The highest BCUT2D eigenvalue weighted by Gasteiger charge is 2.23. The lowest BCUT2D eigenvalue weighted by atomic mass is 9.79. The van der Waals surface area contributed by atoms with Crippen LogP contribution in [0.15, 0.2) is 24.3 Å². The van der Waals surface area contributed by atoms with E-state index in [0.717, 1.165) is 6.54 Å². The van der Waals surface area contributed by atoms with E-state index in [1.807, 2.05) is 7.05 Å². The van der Waals surface area contributed by atoms with Crippen molar-refractivity contribution in [3.05, 3.63) is 35.4 Å². The SMILES string of the molecule is CNCC(C)(C)c1ccccc1C(C)C. The maximum absolute atomic E-state index is 3.27. The van der Waals surface area contributed by atoms with Gasteiger partial charge in [0.2, 0.25) is 0 Å². The fourth-order valence-electron chi connectivity index (χ4n) is 2.15. The van der Waals surface area contributed by atoms with Gasteiger partial charge in [0.05, 0.1) is 0 Å². The number of rotatable bonds is 4. The lowest BCUT2D eigenvalue weighted by molar-refractivity contribution is 0.487. The molecule has 1 N–H and O–H groups in total. The Morgan fingerprint density at radius 1 is 1.20 bits per heavy atom. The summed E-state index contributed by atoms with van der Waals surface area (Å²) in [7, 11) is 2.01. The topological polar surface area (TPSA) is 12.0 Å². The van der Waals surface area contributed by atoms with Crippen LogP contribution in [0.2, 0.25) is 0 Å². The van der Waals surface area contributed by atoms with Gasteiger partial charge in [-0.15, -0.1) is 0 Å². The number of nitrogens with one attached hydrogen (secondary N) is 1. The van der Waals surface area contributed by atoms with Crippen LogP contribution in [-0.4, -0.2) is 13.6 Å². The van der Waals surface area contributed by atoms with Crippen LogP contribution in [0.4, 0.5) is 0 Å². The van der Waals surface area contributed by atoms with E-state index in [1.54, 1.807) is 0 Å². The van der Waals surface area contributed by atoms with Gasteiger partial charge in [0, 0.05) is 12.0 Å². The van der Waals surface area contributed by atoms with Crippen molar-refractivity contribution in [3.8, 4) is 0 Å². The van der Waals surface area contributed by atoms with Gasteiger partial charge in [-0.05, 0) is 24.1 Å². The first-order chi connectivity index (χ1) is 6.99. The molecule has 1 aromatic carbocycles. The highest BCUT2D eigenvalue weighted by atomic mass is 14.8. The Kier molecular flexibility index (Phi) is 3.92. The van der Waals surface area contributed by atoms with Crippen LogP contribution >= 0.6 is 0 Å². The Hall–Kier alpha value is -0.820. The van der Waals surface area contributed by atoms with Gasteiger partial charge < -0.3 is 5.32 Å². The molecule has 1 nitrogen and oxygen atoms in total. The smallest absolute Gasteiger partial charge is 0.00402 e. The largest absolute Gasteiger partial charge is 0.319 e. The van der Waals surface area contributed by atoms with Gasteiger partial charge in [-0.1, -0.05) is 52.0 Å². The van der Waals surface area contributed by atoms with E-state index in [2.05, 4.69) is 57.3 Å². The first-order valence-corrected chi connectivity index (χ1v) is 5.73. The number of likely N-dealkylation sites (N-methyl/N-ethyl adjacent to an activating group) is 1. The van der Waals surface area contributed by atoms with Crippen molar-refractivity contribution in [1.29, 1.82) is 0 Å². The predicted octanol–water partition coefficient (Wildman–Crippen LogP) is 3.31. The summed E-state index contributed by atoms with van der Waals surface area (Å²) in [6, 6.07) is 8.77. The number of benzene rings is 1. The zero-order valence-corrected chi connectivity index (χ0v) is 10.6. The average Bonchev–Trinajstić information content (AvgIpc) is 2.17. The van der Waals surface area contributed by atoms with Gasteiger partial charge in [0.15, 0.2) is 0 Å². The molecule has 0 fully saturated rings. The van der Waals surface area contributed by atoms with Gasteiger partial charge >= 0.3 is 0 Å². The summed E-state index contributed by atoms with van der Waals surface area (Å²) in [4.78, 5) is 0. The van der Waals surface area contributed by atoms with Gasteiger partial charge in [0.25, 0.3) is 0 Å². The standard InChI is InChI=1S/C14H23N/c1-11(2)12-8-6-7-9-13(12)14(3,4)10-15-5/h6-9,11,15H,10H2,1-5H3. The molecule has 0 bridgehead atoms. The summed E-state index contributed by atoms with van der Waals surface area (Å²) in [5.74, 6) is 0.595. The van der Waals surface area contributed by atoms with Crippen LogP contribution in [0, 0.1) is 0 Å². The maximum atomic E-state index is 3.27. The second kappa shape index (κ2) is 4.80. The number of hydrogen-bond donors (Lipinski definition) is 1. The molecule has 0 aliphatic rings. The summed E-state index contributed by atoms with van der Waals surface area (Å²) in [5.41, 5.74) is 3.14. The molecule has 0 spiro atoms. The van der Waals surface area contributed by atoms with E-state index in [1.165, 1.54) is 11.1 Å². The molecular weight excluding hydrogens is 182 g/mol. The molecule has 0 aliphatic carbocycles. The van der Waals surface area contributed by atoms with Gasteiger partial charge in [-0.2, -0.15) is 0 Å². The molecule has 1 aromatic rings. The first-order valence-electron chi connectivity index (χ1n) is 5.73. The van der Waals surface area contributed by atoms with Crippen LogP contribution < -0.4 is 5.32 Å². The molecule has 0 heterocycles. The molecule has 84 valence electrons. The Morgan fingerprint density at radius 3 is 2.33 bits per heavy atom. The normalized spacial score (nSPS) is 12.1. The van der Waals surface area contributed by atoms with Crippen molar-refractivity contribution in [2.75, 3.05) is 13.6 Å². The molecule has 0 saturated carbocycles. The molecule has 0 saturated heterocycles. The van der Waals surface area contributed by atoms with Crippen LogP contribution in [0.1, 0.15) is 44.7 Å². The lowest BCUT2D eigenvalue weighted by Gasteiger charge is -2.28. The molecule has 15 heavy (non-hydrogen) atoms. The van der Waals surface area contributed by atoms with E-state index in [0.29, 0.717) is 5.92 Å². The Balaban J connectivity index is 3.12. The van der Waals surface area contributed by atoms with Crippen molar-refractivity contribution in [2.24, 2.45) is 0 Å². The van der Waals surface area contributed by atoms with E-state index < -0.39 is 0 Å². The van der Waals surface area contributed by atoms with Crippen molar-refractivity contribution in [1.82, 2.24) is 5.32 Å². The number of hydrogen-bond acceptors (Lipinski definition) is 1. The Labute approximate surface area is 93.9 Å². The van der Waals surface area contributed by atoms with E-state index >= 15 is 0 Å². The van der Waals surface area contributed by atoms with Crippen LogP contribution in [0.3, 0.4) is 0 Å². The summed E-state index contributed by atoms with van der Waals surface area (Å²) in [6.07, 6.45) is 0. The second-order valence-corrected chi connectivity index (χ2v) is 5.16. The third-order valence-electron chi connectivity index (χ3n) is 2.93. The third kappa shape index (κ3) is 2.82. The highest BCUT2D eigenvalue weighted by molar-refractivity contribution is 5.35. The Morgan fingerprint density at radius 2 is 1.80 bits per heavy atom. The minimum Gasteiger partial charge on any atom is -0.319 e. The minimum atomic E-state index is 0.204. The first kappa shape index (κ1) is 12.3. The highest BCUT2D eigenvalue weighted by Crippen LogP contribution is 2.30. The molecule has 0 aromatic heterocycles. The zero-order chi connectivity index (χ0) is 11.5. The van der Waals surface area contributed by atoms with Gasteiger partial charge in [-0.3, -0.25) is 0 Å². The quantitative estimate of drug-likeness (QED) is 0.795. The molecule has 1 rings (SSSR count). The van der Waals surface area contributed by atoms with Crippen molar-refractivity contribution >= 4 is 0 Å². The van der Waals surface area contributed by atoms with Crippen LogP contribution in [0.25, 0.3) is 0 Å². The molecule has 0 atom stereocenters. The van der Waals surface area contributed by atoms with Gasteiger partial charge in [0.1, 0.15) is 0 Å². The molecule has 0 aliphatic heterocycles. The third-order valence-corrected chi connectivity index (χ3v) is 2.93.